The first-order valence-electron chi connectivity index (χ1n) is 10.7. The first-order valence-corrected chi connectivity index (χ1v) is 14.0. The number of carbonyl (C=O) groups excluding carboxylic acids is 1. The molecule has 0 radical (unpaired) electrons. The summed E-state index contributed by atoms with van der Waals surface area (Å²) < 4.78 is 68.3. The third kappa shape index (κ3) is 6.57. The zero-order valence-corrected chi connectivity index (χ0v) is 21.7. The van der Waals surface area contributed by atoms with E-state index in [2.05, 4.69) is 0 Å². The van der Waals surface area contributed by atoms with Gasteiger partial charge in [0.25, 0.3) is 10.1 Å². The van der Waals surface area contributed by atoms with Crippen LogP contribution < -0.4 is 0 Å². The van der Waals surface area contributed by atoms with Gasteiger partial charge in [-0.3, -0.25) is 9.35 Å². The molecule has 3 aromatic rings. The fourth-order valence-electron chi connectivity index (χ4n) is 3.95. The molecule has 4 rings (SSSR count). The molecule has 0 saturated heterocycles. The van der Waals surface area contributed by atoms with Gasteiger partial charge in [-0.15, -0.1) is 0 Å². The van der Waals surface area contributed by atoms with Crippen LogP contribution in [0.2, 0.25) is 5.02 Å². The van der Waals surface area contributed by atoms with Crippen LogP contribution in [0, 0.1) is 12.7 Å². The maximum absolute atomic E-state index is 13.4. The molecule has 0 amide bonds. The lowest BCUT2D eigenvalue weighted by Crippen LogP contribution is -2.40. The second-order valence-electron chi connectivity index (χ2n) is 8.29. The predicted octanol–water partition coefficient (Wildman–Crippen LogP) is 4.71. The lowest BCUT2D eigenvalue weighted by molar-refractivity contribution is -0.120. The van der Waals surface area contributed by atoms with E-state index >= 15 is 0 Å². The molecule has 36 heavy (non-hydrogen) atoms. The zero-order valence-electron chi connectivity index (χ0n) is 19.3. The highest BCUT2D eigenvalue weighted by molar-refractivity contribution is 7.92. The molecular weight excluding hydrogens is 531 g/mol. The Balaban J connectivity index is 0.000000321. The van der Waals surface area contributed by atoms with Crippen LogP contribution in [0.25, 0.3) is 0 Å². The monoisotopic (exact) mass is 556 g/mol. The van der Waals surface area contributed by atoms with Crippen LogP contribution in [0.3, 0.4) is 0 Å². The molecule has 1 saturated carbocycles. The summed E-state index contributed by atoms with van der Waals surface area (Å²) in [6.45, 7) is 1.84. The SMILES string of the molecule is Cc1ccc(S(=O)(=O)O)cc1.O.O=C1CCC(c2ccc(F)cc2)(S(=O)(=O)c2ccc(Cl)cc2)CC1. The van der Waals surface area contributed by atoms with Crippen molar-refractivity contribution in [3.8, 4) is 0 Å². The van der Waals surface area contributed by atoms with Gasteiger partial charge in [0, 0.05) is 17.9 Å². The Morgan fingerprint density at radius 1 is 0.806 bits per heavy atom. The van der Waals surface area contributed by atoms with Crippen LogP contribution in [0.15, 0.2) is 82.6 Å². The normalized spacial score (nSPS) is 15.3. The number of hydrogen-bond acceptors (Lipinski definition) is 5. The molecule has 3 N–H and O–H groups in total. The fraction of sp³-hybridized carbons (Fsp3) is 0.240. The second kappa shape index (κ2) is 11.6. The molecule has 1 aliphatic carbocycles. The van der Waals surface area contributed by atoms with Crippen molar-refractivity contribution in [1.82, 2.24) is 0 Å². The Morgan fingerprint density at radius 2 is 1.28 bits per heavy atom. The number of hydrogen-bond donors (Lipinski definition) is 1. The maximum Gasteiger partial charge on any atom is 0.294 e. The van der Waals surface area contributed by atoms with E-state index in [9.17, 15) is 26.0 Å². The molecular formula is C25H26ClFO7S2. The number of aryl methyl sites for hydroxylation is 1. The largest absolute Gasteiger partial charge is 0.412 e. The van der Waals surface area contributed by atoms with Crippen LogP contribution in [-0.4, -0.2) is 32.6 Å². The molecule has 1 aliphatic rings. The maximum atomic E-state index is 13.4. The average molecular weight is 557 g/mol. The standard InChI is InChI=1S/C18H16ClFO3S.C7H8O3S.H2O/c19-14-3-7-17(8-4-14)24(22,23)18(11-9-16(21)10-12-18)13-1-5-15(20)6-2-13;1-6-2-4-7(5-3-6)11(8,9)10;/h1-8H,9-12H2;2-5H,1H3,(H,8,9,10);1H2. The second-order valence-corrected chi connectivity index (χ2v) is 12.4. The van der Waals surface area contributed by atoms with Crippen molar-refractivity contribution < 1.29 is 36.0 Å². The molecule has 7 nitrogen and oxygen atoms in total. The van der Waals surface area contributed by atoms with Gasteiger partial charge in [-0.05, 0) is 73.9 Å². The van der Waals surface area contributed by atoms with Crippen molar-refractivity contribution >= 4 is 37.3 Å². The Kier molecular flexibility index (Phi) is 9.55. The van der Waals surface area contributed by atoms with Gasteiger partial charge in [0.2, 0.25) is 0 Å². The molecule has 0 unspecified atom stereocenters. The third-order valence-electron chi connectivity index (χ3n) is 5.94. The summed E-state index contributed by atoms with van der Waals surface area (Å²) in [6, 6.07) is 17.5. The van der Waals surface area contributed by atoms with Gasteiger partial charge in [-0.2, -0.15) is 8.42 Å². The Morgan fingerprint density at radius 3 is 1.75 bits per heavy atom. The van der Waals surface area contributed by atoms with Gasteiger partial charge in [0.1, 0.15) is 16.3 Å². The van der Waals surface area contributed by atoms with E-state index in [0.29, 0.717) is 10.6 Å². The van der Waals surface area contributed by atoms with Gasteiger partial charge in [0.05, 0.1) is 9.79 Å². The van der Waals surface area contributed by atoms with Gasteiger partial charge >= 0.3 is 0 Å². The summed E-state index contributed by atoms with van der Waals surface area (Å²) in [5.41, 5.74) is 1.48. The Bertz CT molecular complexity index is 1390. The number of benzene rings is 3. The minimum absolute atomic E-state index is 0. The highest BCUT2D eigenvalue weighted by atomic mass is 35.5. The van der Waals surface area contributed by atoms with Crippen LogP contribution in [0.5, 0.6) is 0 Å². The van der Waals surface area contributed by atoms with E-state index in [0.717, 1.165) is 5.56 Å². The van der Waals surface area contributed by atoms with Crippen molar-refractivity contribution in [3.05, 3.63) is 94.8 Å². The highest BCUT2D eigenvalue weighted by Gasteiger charge is 2.48. The van der Waals surface area contributed by atoms with Crippen LogP contribution in [-0.2, 0) is 29.5 Å². The van der Waals surface area contributed by atoms with Crippen molar-refractivity contribution in [3.63, 3.8) is 0 Å². The van der Waals surface area contributed by atoms with Crippen LogP contribution in [0.4, 0.5) is 4.39 Å². The van der Waals surface area contributed by atoms with E-state index in [-0.39, 0.29) is 46.7 Å². The summed E-state index contributed by atoms with van der Waals surface area (Å²) in [7, 11) is -7.78. The summed E-state index contributed by atoms with van der Waals surface area (Å²) in [4.78, 5) is 11.8. The van der Waals surface area contributed by atoms with Crippen LogP contribution in [0.1, 0.15) is 36.8 Å². The van der Waals surface area contributed by atoms with E-state index in [4.69, 9.17) is 16.2 Å². The van der Waals surface area contributed by atoms with E-state index in [1.807, 2.05) is 6.92 Å². The molecule has 0 heterocycles. The van der Waals surface area contributed by atoms with Crippen molar-refractivity contribution in [2.75, 3.05) is 0 Å². The smallest absolute Gasteiger partial charge is 0.294 e. The summed E-state index contributed by atoms with van der Waals surface area (Å²) in [5.74, 6) is -0.372. The zero-order chi connectivity index (χ0) is 25.9. The number of carbonyl (C=O) groups is 1. The van der Waals surface area contributed by atoms with Gasteiger partial charge in [-0.25, -0.2) is 12.8 Å². The molecule has 0 bridgehead atoms. The van der Waals surface area contributed by atoms with Gasteiger partial charge < -0.3 is 5.48 Å². The third-order valence-corrected chi connectivity index (χ3v) is 9.63. The number of halogens is 2. The number of sulfone groups is 1. The molecule has 0 spiro atoms. The topological polar surface area (TPSA) is 137 Å². The van der Waals surface area contributed by atoms with Gasteiger partial charge in [0.15, 0.2) is 9.84 Å². The lowest BCUT2D eigenvalue weighted by atomic mass is 9.82. The molecule has 0 aliphatic heterocycles. The van der Waals surface area contributed by atoms with Crippen molar-refractivity contribution in [1.29, 1.82) is 0 Å². The van der Waals surface area contributed by atoms with E-state index in [1.165, 1.54) is 60.7 Å². The van der Waals surface area contributed by atoms with E-state index in [1.54, 1.807) is 12.1 Å². The molecule has 0 aromatic heterocycles. The molecule has 0 atom stereocenters. The first-order chi connectivity index (χ1) is 16.3. The minimum Gasteiger partial charge on any atom is -0.412 e. The lowest BCUT2D eigenvalue weighted by Gasteiger charge is -2.36. The molecule has 194 valence electrons. The summed E-state index contributed by atoms with van der Waals surface area (Å²) in [5, 5.41) is 0.448. The highest BCUT2D eigenvalue weighted by Crippen LogP contribution is 2.46. The Labute approximate surface area is 214 Å². The quantitative estimate of drug-likeness (QED) is 0.462. The summed E-state index contributed by atoms with van der Waals surface area (Å²) >= 11 is 5.85. The number of rotatable bonds is 4. The van der Waals surface area contributed by atoms with Crippen LogP contribution >= 0.6 is 11.6 Å². The fourth-order valence-corrected chi connectivity index (χ4v) is 6.69. The first kappa shape index (κ1) is 29.6. The van der Waals surface area contributed by atoms with E-state index < -0.39 is 30.5 Å². The number of Topliss-reactive ketones (excluding diaryl/α,β-unsaturated/α-hetero) is 1. The average Bonchev–Trinajstić information content (AvgIpc) is 2.81. The molecule has 3 aromatic carbocycles. The van der Waals surface area contributed by atoms with Crippen molar-refractivity contribution in [2.24, 2.45) is 0 Å². The molecule has 1 fully saturated rings. The Hall–Kier alpha value is -2.63. The summed E-state index contributed by atoms with van der Waals surface area (Å²) in [6.07, 6.45) is 0.791. The van der Waals surface area contributed by atoms with Gasteiger partial charge in [-0.1, -0.05) is 41.4 Å². The van der Waals surface area contributed by atoms with Crippen molar-refractivity contribution in [2.45, 2.75) is 47.1 Å². The predicted molar refractivity (Wildman–Crippen MR) is 135 cm³/mol. The number of ketones is 1. The minimum atomic E-state index is -4.02. The molecule has 11 heteroatoms.